The quantitative estimate of drug-likeness (QED) is 0.451. The van der Waals surface area contributed by atoms with Gasteiger partial charge >= 0.3 is 0 Å². The lowest BCUT2D eigenvalue weighted by atomic mass is 9.97. The second kappa shape index (κ2) is 9.68. The van der Waals surface area contributed by atoms with Gasteiger partial charge in [0.2, 0.25) is 17.7 Å². The van der Waals surface area contributed by atoms with Gasteiger partial charge in [-0.1, -0.05) is 29.3 Å². The molecule has 2 aromatic carbocycles. The number of pyridine rings is 1. The molecule has 3 aromatic rings. The lowest BCUT2D eigenvalue weighted by Gasteiger charge is -2.27. The van der Waals surface area contributed by atoms with Gasteiger partial charge in [0.1, 0.15) is 17.6 Å². The summed E-state index contributed by atoms with van der Waals surface area (Å²) in [6, 6.07) is 14.2. The SMILES string of the molecule is CC(=O)Nc1ccc(Oc2ccc3c(c2)CCC(c2ccc(Cl)cc2Cl)O3)nc1NC(C)=O. The molecule has 0 radical (unpaired) electrons. The number of benzene rings is 2. The highest BCUT2D eigenvalue weighted by Gasteiger charge is 2.24. The molecule has 2 heterocycles. The molecule has 0 saturated carbocycles. The number of ether oxygens (including phenoxy) is 2. The summed E-state index contributed by atoms with van der Waals surface area (Å²) >= 11 is 12.4. The second-order valence-electron chi connectivity index (χ2n) is 7.59. The Balaban J connectivity index is 1.52. The largest absolute Gasteiger partial charge is 0.485 e. The third kappa shape index (κ3) is 5.56. The van der Waals surface area contributed by atoms with Gasteiger partial charge in [0, 0.05) is 35.5 Å². The molecule has 2 amide bonds. The van der Waals surface area contributed by atoms with Gasteiger partial charge in [-0.3, -0.25) is 9.59 Å². The van der Waals surface area contributed by atoms with Crippen LogP contribution in [0.5, 0.6) is 17.4 Å². The summed E-state index contributed by atoms with van der Waals surface area (Å²) in [6.45, 7) is 2.74. The third-order valence-corrected chi connectivity index (χ3v) is 5.55. The highest BCUT2D eigenvalue weighted by atomic mass is 35.5. The molecular formula is C24H21Cl2N3O4. The Morgan fingerprint density at radius 2 is 1.82 bits per heavy atom. The fourth-order valence-electron chi connectivity index (χ4n) is 3.58. The molecule has 0 saturated heterocycles. The van der Waals surface area contributed by atoms with Crippen molar-refractivity contribution in [3.05, 3.63) is 69.7 Å². The van der Waals surface area contributed by atoms with Crippen molar-refractivity contribution in [3.8, 4) is 17.4 Å². The van der Waals surface area contributed by atoms with Crippen molar-refractivity contribution >= 4 is 46.5 Å². The van der Waals surface area contributed by atoms with Crippen LogP contribution in [0.3, 0.4) is 0 Å². The number of carbonyl (C=O) groups is 2. The Hall–Kier alpha value is -3.29. The normalized spacial score (nSPS) is 14.6. The van der Waals surface area contributed by atoms with Crippen molar-refractivity contribution in [1.29, 1.82) is 0 Å². The van der Waals surface area contributed by atoms with Crippen LogP contribution in [0, 0.1) is 0 Å². The molecule has 0 aliphatic carbocycles. The summed E-state index contributed by atoms with van der Waals surface area (Å²) in [6.07, 6.45) is 1.38. The zero-order valence-corrected chi connectivity index (χ0v) is 19.5. The monoisotopic (exact) mass is 485 g/mol. The van der Waals surface area contributed by atoms with E-state index in [1.807, 2.05) is 18.2 Å². The van der Waals surface area contributed by atoms with Crippen LogP contribution in [0.2, 0.25) is 10.0 Å². The Morgan fingerprint density at radius 1 is 1.03 bits per heavy atom. The molecule has 0 fully saturated rings. The van der Waals surface area contributed by atoms with Gasteiger partial charge in [-0.2, -0.15) is 4.98 Å². The average molecular weight is 486 g/mol. The summed E-state index contributed by atoms with van der Waals surface area (Å²) in [7, 11) is 0. The standard InChI is InChI=1S/C24H21Cl2N3O4/c1-13(30)27-20-7-10-23(29-24(20)28-14(2)31)32-17-5-9-21-15(11-17)3-8-22(33-21)18-6-4-16(25)12-19(18)26/h4-7,9-12,22H,3,8H2,1-2H3,(H,27,30)(H,28,29,31). The number of aromatic nitrogens is 1. The molecule has 0 spiro atoms. The molecule has 4 rings (SSSR count). The van der Waals surface area contributed by atoms with Crippen molar-refractivity contribution in [3.63, 3.8) is 0 Å². The van der Waals surface area contributed by atoms with Crippen molar-refractivity contribution in [2.75, 3.05) is 10.6 Å². The Morgan fingerprint density at radius 3 is 2.55 bits per heavy atom. The van der Waals surface area contributed by atoms with Crippen molar-refractivity contribution in [1.82, 2.24) is 4.98 Å². The molecular weight excluding hydrogens is 465 g/mol. The van der Waals surface area contributed by atoms with Crippen LogP contribution in [0.25, 0.3) is 0 Å². The van der Waals surface area contributed by atoms with E-state index in [-0.39, 0.29) is 29.6 Å². The molecule has 1 unspecified atom stereocenters. The van der Waals surface area contributed by atoms with Crippen LogP contribution in [-0.2, 0) is 16.0 Å². The Labute approximate surface area is 201 Å². The fraction of sp³-hybridized carbons (Fsp3) is 0.208. The number of rotatable bonds is 5. The molecule has 1 aliphatic heterocycles. The predicted octanol–water partition coefficient (Wildman–Crippen LogP) is 6.16. The number of hydrogen-bond donors (Lipinski definition) is 2. The molecule has 7 nitrogen and oxygen atoms in total. The lowest BCUT2D eigenvalue weighted by Crippen LogP contribution is -2.15. The minimum atomic E-state index is -0.312. The van der Waals surface area contributed by atoms with Gasteiger partial charge in [0.15, 0.2) is 5.82 Å². The van der Waals surface area contributed by atoms with E-state index in [1.54, 1.807) is 30.3 Å². The zero-order valence-electron chi connectivity index (χ0n) is 17.9. The van der Waals surface area contributed by atoms with E-state index in [9.17, 15) is 9.59 Å². The zero-order chi connectivity index (χ0) is 23.5. The van der Waals surface area contributed by atoms with Crippen LogP contribution in [0.1, 0.15) is 37.5 Å². The van der Waals surface area contributed by atoms with Crippen LogP contribution in [-0.4, -0.2) is 16.8 Å². The van der Waals surface area contributed by atoms with Crippen LogP contribution in [0.15, 0.2) is 48.5 Å². The van der Waals surface area contributed by atoms with E-state index >= 15 is 0 Å². The number of nitrogens with zero attached hydrogens (tertiary/aromatic N) is 1. The van der Waals surface area contributed by atoms with E-state index in [4.69, 9.17) is 32.7 Å². The molecule has 9 heteroatoms. The number of halogens is 2. The molecule has 1 atom stereocenters. The van der Waals surface area contributed by atoms with Crippen LogP contribution >= 0.6 is 23.2 Å². The molecule has 1 aliphatic rings. The summed E-state index contributed by atoms with van der Waals surface area (Å²) in [5.41, 5.74) is 2.29. The number of amides is 2. The Bertz CT molecular complexity index is 1230. The minimum Gasteiger partial charge on any atom is -0.485 e. The van der Waals surface area contributed by atoms with E-state index in [0.29, 0.717) is 21.5 Å². The number of aryl methyl sites for hydroxylation is 1. The van der Waals surface area contributed by atoms with Gasteiger partial charge < -0.3 is 20.1 Å². The first-order valence-electron chi connectivity index (χ1n) is 10.3. The van der Waals surface area contributed by atoms with E-state index in [1.165, 1.54) is 13.8 Å². The van der Waals surface area contributed by atoms with Gasteiger partial charge in [-0.05, 0) is 54.8 Å². The number of anilines is 2. The third-order valence-electron chi connectivity index (χ3n) is 4.98. The van der Waals surface area contributed by atoms with E-state index in [0.717, 1.165) is 29.7 Å². The van der Waals surface area contributed by atoms with Crippen molar-refractivity contribution in [2.45, 2.75) is 32.8 Å². The first-order chi connectivity index (χ1) is 15.8. The maximum Gasteiger partial charge on any atom is 0.222 e. The lowest BCUT2D eigenvalue weighted by molar-refractivity contribution is -0.115. The van der Waals surface area contributed by atoms with Crippen molar-refractivity contribution < 1.29 is 19.1 Å². The molecule has 2 N–H and O–H groups in total. The van der Waals surface area contributed by atoms with Gasteiger partial charge in [0.25, 0.3) is 0 Å². The molecule has 33 heavy (non-hydrogen) atoms. The molecule has 0 bridgehead atoms. The summed E-state index contributed by atoms with van der Waals surface area (Å²) in [4.78, 5) is 27.2. The molecule has 1 aromatic heterocycles. The molecule has 170 valence electrons. The fourth-order valence-corrected chi connectivity index (χ4v) is 4.11. The van der Waals surface area contributed by atoms with E-state index < -0.39 is 0 Å². The summed E-state index contributed by atoms with van der Waals surface area (Å²) < 4.78 is 12.1. The maximum atomic E-state index is 11.5. The first kappa shape index (κ1) is 22.9. The second-order valence-corrected chi connectivity index (χ2v) is 8.43. The van der Waals surface area contributed by atoms with Gasteiger partial charge in [0.05, 0.1) is 5.69 Å². The summed E-state index contributed by atoms with van der Waals surface area (Å²) in [5.74, 6) is 1.23. The van der Waals surface area contributed by atoms with Crippen molar-refractivity contribution in [2.24, 2.45) is 0 Å². The summed E-state index contributed by atoms with van der Waals surface area (Å²) in [5, 5.41) is 6.40. The average Bonchev–Trinajstić information content (AvgIpc) is 2.74. The van der Waals surface area contributed by atoms with Crippen LogP contribution < -0.4 is 20.1 Å². The van der Waals surface area contributed by atoms with Crippen LogP contribution in [0.4, 0.5) is 11.5 Å². The topological polar surface area (TPSA) is 89.6 Å². The highest BCUT2D eigenvalue weighted by molar-refractivity contribution is 6.35. The predicted molar refractivity (Wildman–Crippen MR) is 128 cm³/mol. The smallest absolute Gasteiger partial charge is 0.222 e. The van der Waals surface area contributed by atoms with Gasteiger partial charge in [-0.25, -0.2) is 0 Å². The maximum absolute atomic E-state index is 11.5. The number of hydrogen-bond acceptors (Lipinski definition) is 5. The van der Waals surface area contributed by atoms with E-state index in [2.05, 4.69) is 15.6 Å². The van der Waals surface area contributed by atoms with Gasteiger partial charge in [-0.15, -0.1) is 0 Å². The Kier molecular flexibility index (Phi) is 6.72. The number of nitrogens with one attached hydrogen (secondary N) is 2. The first-order valence-corrected chi connectivity index (χ1v) is 11.0. The highest BCUT2D eigenvalue weighted by Crippen LogP contribution is 2.40. The minimum absolute atomic E-state index is 0.155. The number of fused-ring (bicyclic) bond motifs is 1. The number of carbonyl (C=O) groups excluding carboxylic acids is 2.